The van der Waals surface area contributed by atoms with E-state index < -0.39 is 0 Å². The van der Waals surface area contributed by atoms with Crippen LogP contribution in [0.15, 0.2) is 12.4 Å². The molecule has 0 atom stereocenters. The minimum Gasteiger partial charge on any atom is -0.473 e. The van der Waals surface area contributed by atoms with Crippen LogP contribution in [-0.2, 0) is 0 Å². The fourth-order valence-electron chi connectivity index (χ4n) is 0.820. The molecule has 0 radical (unpaired) electrons. The van der Waals surface area contributed by atoms with Gasteiger partial charge in [0.25, 0.3) is 0 Å². The van der Waals surface area contributed by atoms with Crippen LogP contribution in [0.2, 0.25) is 0 Å². The number of nitrogens with one attached hydrogen (secondary N) is 1. The fraction of sp³-hybridized carbons (Fsp3) is 0.375. The maximum Gasteiger partial charge on any atom is 0.244 e. The maximum atomic E-state index is 7.22. The number of aromatic nitrogens is 2. The highest BCUT2D eigenvalue weighted by Crippen LogP contribution is 2.11. The molecule has 0 saturated heterocycles. The van der Waals surface area contributed by atoms with Gasteiger partial charge in [0.2, 0.25) is 5.88 Å². The number of ether oxygens (including phenoxy) is 1. The Hall–Kier alpha value is -1.65. The number of nitrogen functional groups attached to an aromatic ring is 1. The average molecular weight is 180 g/mol. The number of hydrogen-bond acceptors (Lipinski definition) is 4. The Morgan fingerprint density at radius 1 is 1.46 bits per heavy atom. The maximum absolute atomic E-state index is 7.22. The van der Waals surface area contributed by atoms with Crippen LogP contribution in [0.1, 0.15) is 19.5 Å². The second-order valence-electron chi connectivity index (χ2n) is 2.79. The molecule has 0 aromatic carbocycles. The summed E-state index contributed by atoms with van der Waals surface area (Å²) < 4.78 is 5.31. The highest BCUT2D eigenvalue weighted by molar-refractivity contribution is 5.94. The Labute approximate surface area is 76.5 Å². The zero-order valence-corrected chi connectivity index (χ0v) is 7.61. The zero-order valence-electron chi connectivity index (χ0n) is 7.61. The third kappa shape index (κ3) is 2.40. The summed E-state index contributed by atoms with van der Waals surface area (Å²) in [7, 11) is 0. The molecule has 1 rings (SSSR count). The molecule has 1 heterocycles. The first-order valence-corrected chi connectivity index (χ1v) is 3.93. The van der Waals surface area contributed by atoms with Crippen molar-refractivity contribution in [2.24, 2.45) is 5.73 Å². The summed E-state index contributed by atoms with van der Waals surface area (Å²) in [5.74, 6) is 0.175. The van der Waals surface area contributed by atoms with Gasteiger partial charge in [0.15, 0.2) is 5.69 Å². The van der Waals surface area contributed by atoms with E-state index in [1.165, 1.54) is 12.4 Å². The van der Waals surface area contributed by atoms with E-state index in [0.29, 0.717) is 5.88 Å². The lowest BCUT2D eigenvalue weighted by atomic mass is 10.4. The topological polar surface area (TPSA) is 84.9 Å². The van der Waals surface area contributed by atoms with Gasteiger partial charge in [0.1, 0.15) is 5.84 Å². The van der Waals surface area contributed by atoms with E-state index >= 15 is 0 Å². The SMILES string of the molecule is CC(C)Oc1nccnc1C(=N)N. The van der Waals surface area contributed by atoms with Gasteiger partial charge in [-0.15, -0.1) is 0 Å². The number of nitrogens with zero attached hydrogens (tertiary/aromatic N) is 2. The normalized spacial score (nSPS) is 10.1. The lowest BCUT2D eigenvalue weighted by Gasteiger charge is -2.10. The van der Waals surface area contributed by atoms with E-state index in [2.05, 4.69) is 9.97 Å². The summed E-state index contributed by atoms with van der Waals surface area (Å²) >= 11 is 0. The third-order valence-electron chi connectivity index (χ3n) is 1.27. The Kier molecular flexibility index (Phi) is 2.79. The van der Waals surface area contributed by atoms with Gasteiger partial charge in [0.05, 0.1) is 6.10 Å². The van der Waals surface area contributed by atoms with E-state index in [-0.39, 0.29) is 17.6 Å². The largest absolute Gasteiger partial charge is 0.473 e. The van der Waals surface area contributed by atoms with Gasteiger partial charge in [-0.05, 0) is 13.8 Å². The monoisotopic (exact) mass is 180 g/mol. The summed E-state index contributed by atoms with van der Waals surface area (Å²) in [6.07, 6.45) is 2.98. The second kappa shape index (κ2) is 3.84. The van der Waals surface area contributed by atoms with Crippen LogP contribution in [0.3, 0.4) is 0 Å². The predicted octanol–water partition coefficient (Wildman–Crippen LogP) is 0.548. The average Bonchev–Trinajstić information content (AvgIpc) is 2.03. The van der Waals surface area contributed by atoms with E-state index in [0.717, 1.165) is 0 Å². The minimum atomic E-state index is -0.135. The van der Waals surface area contributed by atoms with Crippen LogP contribution >= 0.6 is 0 Å². The first kappa shape index (κ1) is 9.44. The molecule has 1 aromatic heterocycles. The third-order valence-corrected chi connectivity index (χ3v) is 1.27. The molecule has 5 heteroatoms. The molecule has 0 saturated carbocycles. The van der Waals surface area contributed by atoms with Crippen molar-refractivity contribution in [1.82, 2.24) is 9.97 Å². The highest BCUT2D eigenvalue weighted by Gasteiger charge is 2.09. The van der Waals surface area contributed by atoms with E-state index in [9.17, 15) is 0 Å². The molecule has 0 bridgehead atoms. The van der Waals surface area contributed by atoms with Gasteiger partial charge in [-0.25, -0.2) is 9.97 Å². The summed E-state index contributed by atoms with van der Waals surface area (Å²) in [5.41, 5.74) is 5.58. The standard InChI is InChI=1S/C8H12N4O/c1-5(2)13-8-6(7(9)10)11-3-4-12-8/h3-5H,1-2H3,(H3,9,10). The lowest BCUT2D eigenvalue weighted by Crippen LogP contribution is -2.18. The van der Waals surface area contributed by atoms with Gasteiger partial charge < -0.3 is 10.5 Å². The molecular formula is C8H12N4O. The Morgan fingerprint density at radius 3 is 2.62 bits per heavy atom. The van der Waals surface area contributed by atoms with Gasteiger partial charge in [-0.2, -0.15) is 0 Å². The van der Waals surface area contributed by atoms with Crippen molar-refractivity contribution in [3.8, 4) is 5.88 Å². The van der Waals surface area contributed by atoms with Crippen molar-refractivity contribution in [1.29, 1.82) is 5.41 Å². The predicted molar refractivity (Wildman–Crippen MR) is 48.8 cm³/mol. The van der Waals surface area contributed by atoms with Crippen LogP contribution in [-0.4, -0.2) is 21.9 Å². The van der Waals surface area contributed by atoms with Gasteiger partial charge in [-0.3, -0.25) is 5.41 Å². The zero-order chi connectivity index (χ0) is 9.84. The minimum absolute atomic E-state index is 0.00481. The molecule has 13 heavy (non-hydrogen) atoms. The summed E-state index contributed by atoms with van der Waals surface area (Å²) in [6, 6.07) is 0. The number of hydrogen-bond donors (Lipinski definition) is 2. The Bertz CT molecular complexity index is 311. The molecule has 0 aliphatic heterocycles. The van der Waals surface area contributed by atoms with Crippen molar-refractivity contribution >= 4 is 5.84 Å². The number of amidine groups is 1. The van der Waals surface area contributed by atoms with E-state index in [4.69, 9.17) is 15.9 Å². The van der Waals surface area contributed by atoms with Crippen molar-refractivity contribution in [2.75, 3.05) is 0 Å². The fourth-order valence-corrected chi connectivity index (χ4v) is 0.820. The molecule has 0 amide bonds. The van der Waals surface area contributed by atoms with Crippen LogP contribution in [0.5, 0.6) is 5.88 Å². The van der Waals surface area contributed by atoms with Gasteiger partial charge in [-0.1, -0.05) is 0 Å². The van der Waals surface area contributed by atoms with Crippen molar-refractivity contribution < 1.29 is 4.74 Å². The smallest absolute Gasteiger partial charge is 0.244 e. The molecule has 0 unspecified atom stereocenters. The summed E-state index contributed by atoms with van der Waals surface area (Å²) in [6.45, 7) is 3.75. The van der Waals surface area contributed by atoms with Crippen molar-refractivity contribution in [3.63, 3.8) is 0 Å². The number of nitrogens with two attached hydrogens (primary N) is 1. The van der Waals surface area contributed by atoms with Crippen LogP contribution in [0, 0.1) is 5.41 Å². The van der Waals surface area contributed by atoms with Crippen LogP contribution in [0.25, 0.3) is 0 Å². The van der Waals surface area contributed by atoms with E-state index in [1.807, 2.05) is 13.8 Å². The summed E-state index contributed by atoms with van der Waals surface area (Å²) in [5, 5.41) is 7.22. The Morgan fingerprint density at radius 2 is 2.08 bits per heavy atom. The van der Waals surface area contributed by atoms with Crippen molar-refractivity contribution in [3.05, 3.63) is 18.1 Å². The van der Waals surface area contributed by atoms with Gasteiger partial charge >= 0.3 is 0 Å². The number of rotatable bonds is 3. The Balaban J connectivity index is 2.98. The lowest BCUT2D eigenvalue weighted by molar-refractivity contribution is 0.231. The van der Waals surface area contributed by atoms with Crippen molar-refractivity contribution in [2.45, 2.75) is 20.0 Å². The summed E-state index contributed by atoms with van der Waals surface area (Å²) in [4.78, 5) is 7.83. The molecule has 0 spiro atoms. The molecule has 70 valence electrons. The first-order valence-electron chi connectivity index (χ1n) is 3.93. The molecule has 1 aromatic rings. The molecule has 0 aliphatic rings. The quantitative estimate of drug-likeness (QED) is 0.525. The first-order chi connectivity index (χ1) is 6.11. The van der Waals surface area contributed by atoms with Gasteiger partial charge in [0, 0.05) is 12.4 Å². The molecule has 3 N–H and O–H groups in total. The molecule has 5 nitrogen and oxygen atoms in total. The molecular weight excluding hydrogens is 168 g/mol. The molecule has 0 fully saturated rings. The van der Waals surface area contributed by atoms with Crippen LogP contribution < -0.4 is 10.5 Å². The van der Waals surface area contributed by atoms with E-state index in [1.54, 1.807) is 0 Å². The second-order valence-corrected chi connectivity index (χ2v) is 2.79. The molecule has 0 aliphatic carbocycles. The highest BCUT2D eigenvalue weighted by atomic mass is 16.5. The van der Waals surface area contributed by atoms with Crippen LogP contribution in [0.4, 0.5) is 0 Å².